The van der Waals surface area contributed by atoms with E-state index >= 15 is 0 Å². The molecule has 0 aromatic heterocycles. The van der Waals surface area contributed by atoms with Crippen molar-refractivity contribution in [2.24, 2.45) is 4.99 Å². The molecule has 0 radical (unpaired) electrons. The number of carbonyl (C=O) groups is 1. The van der Waals surface area contributed by atoms with Crippen LogP contribution in [-0.4, -0.2) is 28.9 Å². The van der Waals surface area contributed by atoms with Gasteiger partial charge in [-0.15, -0.1) is 0 Å². The van der Waals surface area contributed by atoms with Crippen molar-refractivity contribution >= 4 is 41.0 Å². The van der Waals surface area contributed by atoms with Crippen LogP contribution in [-0.2, 0) is 4.79 Å². The highest BCUT2D eigenvalue weighted by atomic mass is 35.5. The zero-order valence-corrected chi connectivity index (χ0v) is 12.8. The summed E-state index contributed by atoms with van der Waals surface area (Å²) in [5, 5.41) is 22.3. The Morgan fingerprint density at radius 2 is 1.95 bits per heavy atom. The molecule has 0 saturated carbocycles. The second-order valence-corrected chi connectivity index (χ2v) is 5.20. The van der Waals surface area contributed by atoms with Crippen molar-refractivity contribution in [3.8, 4) is 11.5 Å². The van der Waals surface area contributed by atoms with E-state index in [2.05, 4.69) is 10.3 Å². The van der Waals surface area contributed by atoms with Crippen molar-refractivity contribution in [3.63, 3.8) is 0 Å². The van der Waals surface area contributed by atoms with Crippen LogP contribution >= 0.6 is 23.2 Å². The third kappa shape index (κ3) is 4.13. The number of para-hydroxylation sites is 2. The molecule has 114 valence electrons. The van der Waals surface area contributed by atoms with Crippen LogP contribution in [0.4, 0.5) is 5.69 Å². The zero-order chi connectivity index (χ0) is 16.1. The average Bonchev–Trinajstić information content (AvgIpc) is 2.46. The Kier molecular flexibility index (Phi) is 5.25. The number of phenolic OH excluding ortho intramolecular Hbond substituents is 2. The van der Waals surface area contributed by atoms with E-state index < -0.39 is 5.91 Å². The van der Waals surface area contributed by atoms with Crippen molar-refractivity contribution in [1.82, 2.24) is 0 Å². The summed E-state index contributed by atoms with van der Waals surface area (Å²) < 4.78 is 0. The van der Waals surface area contributed by atoms with Gasteiger partial charge in [-0.05, 0) is 24.3 Å². The quantitative estimate of drug-likeness (QED) is 0.589. The van der Waals surface area contributed by atoms with Gasteiger partial charge in [0.15, 0.2) is 0 Å². The van der Waals surface area contributed by atoms with E-state index in [1.165, 1.54) is 24.4 Å². The molecule has 0 atom stereocenters. The van der Waals surface area contributed by atoms with Crippen molar-refractivity contribution in [2.75, 3.05) is 11.9 Å². The smallest absolute Gasteiger partial charge is 0.246 e. The Morgan fingerprint density at radius 1 is 1.23 bits per heavy atom. The van der Waals surface area contributed by atoms with Crippen molar-refractivity contribution in [3.05, 3.63) is 52.0 Å². The lowest BCUT2D eigenvalue weighted by Gasteiger charge is -2.05. The number of nitrogens with zero attached hydrogens (tertiary/aromatic N) is 1. The van der Waals surface area contributed by atoms with Gasteiger partial charge in [0.1, 0.15) is 18.0 Å². The number of aliphatic imine (C=N–C) groups is 1. The fourth-order valence-corrected chi connectivity index (χ4v) is 2.19. The largest absolute Gasteiger partial charge is 0.506 e. The van der Waals surface area contributed by atoms with E-state index in [1.54, 1.807) is 18.2 Å². The molecule has 0 bridgehead atoms. The molecule has 0 fully saturated rings. The number of benzene rings is 2. The molecule has 0 aliphatic rings. The summed E-state index contributed by atoms with van der Waals surface area (Å²) in [6.07, 6.45) is 1.30. The molecule has 2 aromatic rings. The summed E-state index contributed by atoms with van der Waals surface area (Å²) in [5.74, 6) is -0.597. The summed E-state index contributed by atoms with van der Waals surface area (Å²) in [7, 11) is 0. The van der Waals surface area contributed by atoms with Gasteiger partial charge in [-0.1, -0.05) is 35.3 Å². The summed E-state index contributed by atoms with van der Waals surface area (Å²) in [6.45, 7) is -0.183. The van der Waals surface area contributed by atoms with E-state index in [9.17, 15) is 15.0 Å². The SMILES string of the molecule is O=C(CN=Cc1cc(Cl)cc(Cl)c1O)Nc1ccccc1O. The van der Waals surface area contributed by atoms with Gasteiger partial charge < -0.3 is 15.5 Å². The predicted molar refractivity (Wildman–Crippen MR) is 87.3 cm³/mol. The summed E-state index contributed by atoms with van der Waals surface area (Å²) >= 11 is 11.6. The van der Waals surface area contributed by atoms with E-state index in [-0.39, 0.29) is 23.1 Å². The van der Waals surface area contributed by atoms with Crippen LogP contribution in [0.1, 0.15) is 5.56 Å². The van der Waals surface area contributed by atoms with Crippen molar-refractivity contribution in [1.29, 1.82) is 0 Å². The molecule has 7 heteroatoms. The highest BCUT2D eigenvalue weighted by molar-refractivity contribution is 6.36. The van der Waals surface area contributed by atoms with Crippen molar-refractivity contribution in [2.45, 2.75) is 0 Å². The number of halogens is 2. The molecule has 22 heavy (non-hydrogen) atoms. The number of aromatic hydroxyl groups is 2. The molecule has 0 saturated heterocycles. The topological polar surface area (TPSA) is 81.9 Å². The van der Waals surface area contributed by atoms with Gasteiger partial charge in [0.25, 0.3) is 0 Å². The standard InChI is InChI=1S/C15H12Cl2N2O3/c16-10-5-9(15(22)11(17)6-10)7-18-8-14(21)19-12-3-1-2-4-13(12)20/h1-7,20,22H,8H2,(H,19,21). The average molecular weight is 339 g/mol. The number of hydrogen-bond acceptors (Lipinski definition) is 4. The summed E-state index contributed by atoms with van der Waals surface area (Å²) in [4.78, 5) is 15.6. The first-order chi connectivity index (χ1) is 10.5. The minimum Gasteiger partial charge on any atom is -0.506 e. The fourth-order valence-electron chi connectivity index (χ4n) is 1.68. The molecule has 3 N–H and O–H groups in total. The van der Waals surface area contributed by atoms with Gasteiger partial charge in [0.05, 0.1) is 10.7 Å². The van der Waals surface area contributed by atoms with Gasteiger partial charge in [0.2, 0.25) is 5.91 Å². The maximum atomic E-state index is 11.7. The van der Waals surface area contributed by atoms with Gasteiger partial charge in [0, 0.05) is 16.8 Å². The predicted octanol–water partition coefficient (Wildman–Crippen LogP) is 3.46. The lowest BCUT2D eigenvalue weighted by Crippen LogP contribution is -2.14. The fraction of sp³-hybridized carbons (Fsp3) is 0.0667. The Labute approximate surface area is 136 Å². The van der Waals surface area contributed by atoms with Crippen LogP contribution in [0.3, 0.4) is 0 Å². The monoisotopic (exact) mass is 338 g/mol. The summed E-state index contributed by atoms with van der Waals surface area (Å²) in [5.41, 5.74) is 0.615. The van der Waals surface area contributed by atoms with Crippen molar-refractivity contribution < 1.29 is 15.0 Å². The number of anilines is 1. The molecule has 2 rings (SSSR count). The number of carbonyl (C=O) groups excluding carboxylic acids is 1. The second-order valence-electron chi connectivity index (χ2n) is 4.36. The first-order valence-corrected chi connectivity index (χ1v) is 6.98. The molecule has 0 aliphatic heterocycles. The van der Waals surface area contributed by atoms with Crippen LogP contribution in [0, 0.1) is 0 Å². The number of amides is 1. The van der Waals surface area contributed by atoms with Gasteiger partial charge in [-0.3, -0.25) is 9.79 Å². The van der Waals surface area contributed by atoms with E-state index in [4.69, 9.17) is 23.2 Å². The Morgan fingerprint density at radius 3 is 2.68 bits per heavy atom. The molecule has 0 aliphatic carbocycles. The zero-order valence-electron chi connectivity index (χ0n) is 11.3. The van der Waals surface area contributed by atoms with E-state index in [0.29, 0.717) is 16.3 Å². The third-order valence-electron chi connectivity index (χ3n) is 2.70. The first kappa shape index (κ1) is 16.1. The lowest BCUT2D eigenvalue weighted by molar-refractivity contribution is -0.114. The molecule has 2 aromatic carbocycles. The second kappa shape index (κ2) is 7.15. The van der Waals surface area contributed by atoms with Crippen LogP contribution in [0.5, 0.6) is 11.5 Å². The number of nitrogens with one attached hydrogen (secondary N) is 1. The maximum Gasteiger partial charge on any atom is 0.246 e. The Hall–Kier alpha value is -2.24. The number of hydrogen-bond donors (Lipinski definition) is 3. The molecular weight excluding hydrogens is 327 g/mol. The molecule has 0 heterocycles. The van der Waals surface area contributed by atoms with Crippen LogP contribution in [0.15, 0.2) is 41.4 Å². The highest BCUT2D eigenvalue weighted by Gasteiger charge is 2.07. The lowest BCUT2D eigenvalue weighted by atomic mass is 10.2. The molecule has 5 nitrogen and oxygen atoms in total. The van der Waals surface area contributed by atoms with Gasteiger partial charge in [-0.25, -0.2) is 0 Å². The maximum absolute atomic E-state index is 11.7. The first-order valence-electron chi connectivity index (χ1n) is 6.23. The molecule has 0 unspecified atom stereocenters. The number of phenols is 2. The van der Waals surface area contributed by atoms with Crippen LogP contribution < -0.4 is 5.32 Å². The minimum atomic E-state index is -0.412. The molecular formula is C15H12Cl2N2O3. The highest BCUT2D eigenvalue weighted by Crippen LogP contribution is 2.30. The molecule has 0 spiro atoms. The minimum absolute atomic E-state index is 0.0286. The van der Waals surface area contributed by atoms with E-state index in [0.717, 1.165) is 0 Å². The summed E-state index contributed by atoms with van der Waals surface area (Å²) in [6, 6.07) is 9.25. The van der Waals surface area contributed by atoms with Gasteiger partial charge in [-0.2, -0.15) is 0 Å². The Balaban J connectivity index is 2.01. The van der Waals surface area contributed by atoms with Gasteiger partial charge >= 0.3 is 0 Å². The normalized spacial score (nSPS) is 10.8. The molecule has 1 amide bonds. The van der Waals surface area contributed by atoms with Crippen LogP contribution in [0.2, 0.25) is 10.0 Å². The van der Waals surface area contributed by atoms with E-state index in [1.807, 2.05) is 0 Å². The Bertz CT molecular complexity index is 733. The number of rotatable bonds is 4. The van der Waals surface area contributed by atoms with Crippen LogP contribution in [0.25, 0.3) is 0 Å². The third-order valence-corrected chi connectivity index (χ3v) is 3.21.